The Hall–Kier alpha value is -4.96. The van der Waals surface area contributed by atoms with E-state index in [0.717, 1.165) is 42.6 Å². The van der Waals surface area contributed by atoms with Crippen molar-refractivity contribution in [1.29, 1.82) is 0 Å². The summed E-state index contributed by atoms with van der Waals surface area (Å²) in [5.74, 6) is 2.11. The van der Waals surface area contributed by atoms with E-state index in [4.69, 9.17) is 9.47 Å². The van der Waals surface area contributed by atoms with Crippen LogP contribution < -0.4 is 9.47 Å². The number of carbonyl (C=O) groups excluding carboxylic acids is 2. The highest BCUT2D eigenvalue weighted by Crippen LogP contribution is 2.32. The molecule has 0 fully saturated rings. The molecule has 0 aromatic heterocycles. The zero-order valence-electron chi connectivity index (χ0n) is 29.0. The van der Waals surface area contributed by atoms with Gasteiger partial charge in [-0.05, 0) is 103 Å². The van der Waals surface area contributed by atoms with E-state index in [0.29, 0.717) is 33.8 Å². The van der Waals surface area contributed by atoms with Gasteiger partial charge in [0.25, 0.3) is 0 Å². The number of benzene rings is 5. The molecular weight excluding hydrogens is 592 g/mol. The summed E-state index contributed by atoms with van der Waals surface area (Å²) in [7, 11) is 0. The van der Waals surface area contributed by atoms with Crippen molar-refractivity contribution in [2.75, 3.05) is 0 Å². The van der Waals surface area contributed by atoms with Crippen LogP contribution in [0.4, 0.5) is 0 Å². The van der Waals surface area contributed by atoms with Crippen molar-refractivity contribution in [3.05, 3.63) is 149 Å². The van der Waals surface area contributed by atoms with Crippen LogP contribution in [0.1, 0.15) is 105 Å². The van der Waals surface area contributed by atoms with Gasteiger partial charge in [0, 0.05) is 22.3 Å². The van der Waals surface area contributed by atoms with E-state index in [1.807, 2.05) is 97.1 Å². The maximum absolute atomic E-state index is 13.2. The third-order valence-corrected chi connectivity index (χ3v) is 10.1. The Morgan fingerprint density at radius 3 is 1.17 bits per heavy atom. The van der Waals surface area contributed by atoms with Crippen molar-refractivity contribution >= 4 is 11.6 Å². The Kier molecular flexibility index (Phi) is 10.6. The molecule has 0 saturated heterocycles. The zero-order chi connectivity index (χ0) is 34.3. The number of ketones is 2. The fourth-order valence-corrected chi connectivity index (χ4v) is 5.71. The number of hydrogen-bond donors (Lipinski definition) is 0. The summed E-state index contributed by atoms with van der Waals surface area (Å²) in [6.07, 6.45) is 3.98. The summed E-state index contributed by atoms with van der Waals surface area (Å²) in [4.78, 5) is 26.4. The average molecular weight is 639 g/mol. The van der Waals surface area contributed by atoms with Crippen molar-refractivity contribution in [2.24, 2.45) is 0 Å². The monoisotopic (exact) mass is 638 g/mol. The molecule has 5 aromatic rings. The number of hydrogen-bond acceptors (Lipinski definition) is 4. The Bertz CT molecular complexity index is 1810. The molecule has 5 aromatic carbocycles. The van der Waals surface area contributed by atoms with Crippen molar-refractivity contribution in [2.45, 2.75) is 78.2 Å². The Morgan fingerprint density at radius 1 is 0.458 bits per heavy atom. The van der Waals surface area contributed by atoms with E-state index in [1.54, 1.807) is 12.1 Å². The van der Waals surface area contributed by atoms with E-state index in [9.17, 15) is 9.59 Å². The van der Waals surface area contributed by atoms with Gasteiger partial charge in [-0.1, -0.05) is 107 Å². The first-order valence-corrected chi connectivity index (χ1v) is 17.1. The molecule has 0 unspecified atom stereocenters. The molecule has 0 radical (unpaired) electrons. The third kappa shape index (κ3) is 7.77. The second kappa shape index (κ2) is 14.9. The molecule has 0 aliphatic carbocycles. The zero-order valence-corrected chi connectivity index (χ0v) is 29.0. The van der Waals surface area contributed by atoms with E-state index in [2.05, 4.69) is 53.7 Å². The van der Waals surface area contributed by atoms with Gasteiger partial charge in [-0.25, -0.2) is 0 Å². The Labute approximate surface area is 285 Å². The summed E-state index contributed by atoms with van der Waals surface area (Å²) >= 11 is 0. The van der Waals surface area contributed by atoms with E-state index in [-0.39, 0.29) is 22.6 Å². The standard InChI is InChI=1S/C44H46O4/c1-7-43(5,8-2)37-23-19-35(20-24-37)41(45)33-15-11-31(12-16-33)32-13-17-34(18-14-32)42(46)36-21-25-38(26-22-36)47-39-27-29-40(30-28-39)48-44(6,9-3)10-4/h11-30H,7-10H2,1-6H3. The topological polar surface area (TPSA) is 52.6 Å². The van der Waals surface area contributed by atoms with Crippen molar-refractivity contribution in [3.8, 4) is 28.4 Å². The lowest BCUT2D eigenvalue weighted by Crippen LogP contribution is -2.30. The molecule has 0 spiro atoms. The maximum Gasteiger partial charge on any atom is 0.193 e. The Morgan fingerprint density at radius 2 is 0.792 bits per heavy atom. The molecule has 0 bridgehead atoms. The highest BCUT2D eigenvalue weighted by Gasteiger charge is 2.23. The van der Waals surface area contributed by atoms with E-state index < -0.39 is 0 Å². The second-order valence-electron chi connectivity index (χ2n) is 13.0. The molecule has 0 N–H and O–H groups in total. The molecule has 0 saturated carbocycles. The summed E-state index contributed by atoms with van der Waals surface area (Å²) < 4.78 is 12.2. The smallest absolute Gasteiger partial charge is 0.193 e. The van der Waals surface area contributed by atoms with Crippen molar-refractivity contribution in [1.82, 2.24) is 0 Å². The van der Waals surface area contributed by atoms with Crippen LogP contribution in [0.25, 0.3) is 11.1 Å². The molecule has 0 atom stereocenters. The van der Waals surface area contributed by atoms with E-state index >= 15 is 0 Å². The van der Waals surface area contributed by atoms with Gasteiger partial charge in [0.15, 0.2) is 11.6 Å². The van der Waals surface area contributed by atoms with Gasteiger partial charge in [0.05, 0.1) is 0 Å². The summed E-state index contributed by atoms with van der Waals surface area (Å²) in [6.45, 7) is 13.1. The van der Waals surface area contributed by atoms with Crippen LogP contribution in [0.2, 0.25) is 0 Å². The second-order valence-corrected chi connectivity index (χ2v) is 13.0. The molecule has 0 heterocycles. The minimum Gasteiger partial charge on any atom is -0.488 e. The van der Waals surface area contributed by atoms with Crippen molar-refractivity contribution < 1.29 is 19.1 Å². The lowest BCUT2D eigenvalue weighted by molar-refractivity contribution is 0.0802. The molecule has 246 valence electrons. The first-order valence-electron chi connectivity index (χ1n) is 17.1. The van der Waals surface area contributed by atoms with Gasteiger partial charge in [-0.3, -0.25) is 9.59 Å². The highest BCUT2D eigenvalue weighted by molar-refractivity contribution is 6.10. The summed E-state index contributed by atoms with van der Waals surface area (Å²) in [5, 5.41) is 0. The van der Waals surface area contributed by atoms with Gasteiger partial charge >= 0.3 is 0 Å². The lowest BCUT2D eigenvalue weighted by atomic mass is 9.77. The lowest BCUT2D eigenvalue weighted by Gasteiger charge is -2.28. The summed E-state index contributed by atoms with van der Waals surface area (Å²) in [6, 6.07) is 38.1. The van der Waals surface area contributed by atoms with Crippen LogP contribution in [-0.4, -0.2) is 17.2 Å². The fourth-order valence-electron chi connectivity index (χ4n) is 5.71. The van der Waals surface area contributed by atoms with Gasteiger partial charge in [-0.2, -0.15) is 0 Å². The quantitative estimate of drug-likeness (QED) is 0.114. The third-order valence-electron chi connectivity index (χ3n) is 10.1. The SMILES string of the molecule is CCC(C)(CC)Oc1ccc(Oc2ccc(C(=O)c3ccc(-c4ccc(C(=O)c5ccc(C(C)(CC)CC)cc5)cc4)cc3)cc2)cc1. The van der Waals surface area contributed by atoms with Gasteiger partial charge in [-0.15, -0.1) is 0 Å². The minimum absolute atomic E-state index is 0.00892. The summed E-state index contributed by atoms with van der Waals surface area (Å²) in [5.41, 5.74) is 5.69. The van der Waals surface area contributed by atoms with Crippen LogP contribution in [0, 0.1) is 0 Å². The van der Waals surface area contributed by atoms with Crippen molar-refractivity contribution in [3.63, 3.8) is 0 Å². The van der Waals surface area contributed by atoms with Crippen LogP contribution in [-0.2, 0) is 5.41 Å². The number of carbonyl (C=O) groups is 2. The predicted octanol–water partition coefficient (Wildman–Crippen LogP) is 11.6. The highest BCUT2D eigenvalue weighted by atomic mass is 16.5. The van der Waals surface area contributed by atoms with E-state index in [1.165, 1.54) is 5.56 Å². The maximum atomic E-state index is 13.2. The molecule has 0 aliphatic rings. The van der Waals surface area contributed by atoms with Crippen LogP contribution in [0.3, 0.4) is 0 Å². The minimum atomic E-state index is -0.183. The molecule has 4 nitrogen and oxygen atoms in total. The number of rotatable bonds is 14. The predicted molar refractivity (Wildman–Crippen MR) is 196 cm³/mol. The van der Waals surface area contributed by atoms with Gasteiger partial charge in [0.1, 0.15) is 22.8 Å². The first-order chi connectivity index (χ1) is 23.1. The molecule has 0 amide bonds. The molecule has 0 aliphatic heterocycles. The molecule has 48 heavy (non-hydrogen) atoms. The molecular formula is C44H46O4. The van der Waals surface area contributed by atoms with Crippen LogP contribution >= 0.6 is 0 Å². The van der Waals surface area contributed by atoms with Gasteiger partial charge in [0.2, 0.25) is 0 Å². The first kappa shape index (κ1) is 34.4. The molecule has 5 rings (SSSR count). The van der Waals surface area contributed by atoms with Crippen LogP contribution in [0.5, 0.6) is 17.2 Å². The van der Waals surface area contributed by atoms with Gasteiger partial charge < -0.3 is 9.47 Å². The molecule has 4 heteroatoms. The average Bonchev–Trinajstić information content (AvgIpc) is 3.15. The Balaban J connectivity index is 1.19. The number of ether oxygens (including phenoxy) is 2. The largest absolute Gasteiger partial charge is 0.488 e. The van der Waals surface area contributed by atoms with Crippen LogP contribution in [0.15, 0.2) is 121 Å². The normalized spacial score (nSPS) is 11.6. The fraction of sp³-hybridized carbons (Fsp3) is 0.273.